The number of carbonyl (C=O) groups excluding carboxylic acids is 2. The van der Waals surface area contributed by atoms with Gasteiger partial charge in [0.05, 0.1) is 6.10 Å². The second-order valence-electron chi connectivity index (χ2n) is 7.59. The van der Waals surface area contributed by atoms with E-state index in [9.17, 15) is 14.7 Å². The van der Waals surface area contributed by atoms with Crippen LogP contribution in [0.3, 0.4) is 0 Å². The van der Waals surface area contributed by atoms with E-state index in [1.54, 1.807) is 65.0 Å². The molecule has 2 atom stereocenters. The summed E-state index contributed by atoms with van der Waals surface area (Å²) in [6.45, 7) is 8.82. The van der Waals surface area contributed by atoms with Gasteiger partial charge in [-0.25, -0.2) is 9.59 Å². The van der Waals surface area contributed by atoms with Crippen LogP contribution >= 0.6 is 0 Å². The SMILES string of the molecule is CC(C)OC(=O)C1([C@H](O)c2ccccc2)C=CCN1C(=O)OC(C)(C)C. The summed E-state index contributed by atoms with van der Waals surface area (Å²) < 4.78 is 10.8. The van der Waals surface area contributed by atoms with E-state index >= 15 is 0 Å². The number of benzene rings is 1. The van der Waals surface area contributed by atoms with Crippen molar-refractivity contribution in [1.82, 2.24) is 4.90 Å². The van der Waals surface area contributed by atoms with Crippen LogP contribution in [0.2, 0.25) is 0 Å². The third-order valence-electron chi connectivity index (χ3n) is 3.92. The monoisotopic (exact) mass is 361 g/mol. The Kier molecular flexibility index (Phi) is 5.76. The number of aliphatic hydroxyl groups excluding tert-OH is 1. The number of rotatable bonds is 4. The van der Waals surface area contributed by atoms with Crippen molar-refractivity contribution >= 4 is 12.1 Å². The van der Waals surface area contributed by atoms with Gasteiger partial charge in [-0.3, -0.25) is 4.90 Å². The molecule has 1 heterocycles. The van der Waals surface area contributed by atoms with Crippen molar-refractivity contribution < 1.29 is 24.2 Å². The molecule has 0 bridgehead atoms. The largest absolute Gasteiger partial charge is 0.461 e. The van der Waals surface area contributed by atoms with Crippen LogP contribution in [0.5, 0.6) is 0 Å². The average molecular weight is 361 g/mol. The zero-order valence-electron chi connectivity index (χ0n) is 15.9. The maximum absolute atomic E-state index is 13.0. The first-order valence-corrected chi connectivity index (χ1v) is 8.70. The Morgan fingerprint density at radius 1 is 1.19 bits per heavy atom. The molecule has 26 heavy (non-hydrogen) atoms. The molecule has 1 aliphatic rings. The summed E-state index contributed by atoms with van der Waals surface area (Å²) in [6.07, 6.45) is 0.827. The molecule has 6 nitrogen and oxygen atoms in total. The first kappa shape index (κ1) is 20.0. The number of hydrogen-bond acceptors (Lipinski definition) is 5. The molecular weight excluding hydrogens is 334 g/mol. The third-order valence-corrected chi connectivity index (χ3v) is 3.92. The molecule has 1 aromatic carbocycles. The van der Waals surface area contributed by atoms with Crippen LogP contribution < -0.4 is 0 Å². The smallest absolute Gasteiger partial charge is 0.411 e. The lowest BCUT2D eigenvalue weighted by Gasteiger charge is -2.40. The molecule has 1 N–H and O–H groups in total. The van der Waals surface area contributed by atoms with Gasteiger partial charge in [0, 0.05) is 6.54 Å². The molecule has 0 saturated carbocycles. The molecule has 0 spiro atoms. The van der Waals surface area contributed by atoms with Gasteiger partial charge in [0.2, 0.25) is 0 Å². The van der Waals surface area contributed by atoms with E-state index in [4.69, 9.17) is 9.47 Å². The van der Waals surface area contributed by atoms with Crippen molar-refractivity contribution in [3.8, 4) is 0 Å². The van der Waals surface area contributed by atoms with Gasteiger partial charge in [0.25, 0.3) is 0 Å². The van der Waals surface area contributed by atoms with Crippen molar-refractivity contribution in [1.29, 1.82) is 0 Å². The van der Waals surface area contributed by atoms with E-state index in [1.807, 2.05) is 6.07 Å². The van der Waals surface area contributed by atoms with Crippen molar-refractivity contribution in [2.24, 2.45) is 0 Å². The number of esters is 1. The highest BCUT2D eigenvalue weighted by Gasteiger charge is 2.55. The minimum atomic E-state index is -1.67. The summed E-state index contributed by atoms with van der Waals surface area (Å²) in [6, 6.07) is 8.74. The fraction of sp³-hybridized carbons (Fsp3) is 0.500. The zero-order valence-corrected chi connectivity index (χ0v) is 15.9. The molecule has 0 radical (unpaired) electrons. The van der Waals surface area contributed by atoms with Gasteiger partial charge in [-0.15, -0.1) is 0 Å². The van der Waals surface area contributed by atoms with Crippen LogP contribution in [-0.2, 0) is 14.3 Å². The summed E-state index contributed by atoms with van der Waals surface area (Å²) in [5, 5.41) is 11.1. The fourth-order valence-corrected chi connectivity index (χ4v) is 2.85. The highest BCUT2D eigenvalue weighted by atomic mass is 16.6. The number of carbonyl (C=O) groups is 2. The Balaban J connectivity index is 2.47. The number of amides is 1. The molecule has 1 aromatic rings. The summed E-state index contributed by atoms with van der Waals surface area (Å²) in [5.41, 5.74) is -1.90. The van der Waals surface area contributed by atoms with E-state index in [0.29, 0.717) is 5.56 Å². The molecule has 1 aliphatic heterocycles. The Labute approximate surface area is 154 Å². The average Bonchev–Trinajstić information content (AvgIpc) is 2.99. The molecule has 0 aromatic heterocycles. The highest BCUT2D eigenvalue weighted by Crippen LogP contribution is 2.38. The highest BCUT2D eigenvalue weighted by molar-refractivity contribution is 5.90. The number of ether oxygens (including phenoxy) is 2. The van der Waals surface area contributed by atoms with Crippen LogP contribution in [0.4, 0.5) is 4.79 Å². The van der Waals surface area contributed by atoms with Gasteiger partial charge in [0.15, 0.2) is 5.54 Å². The van der Waals surface area contributed by atoms with Gasteiger partial charge in [-0.1, -0.05) is 36.4 Å². The van der Waals surface area contributed by atoms with E-state index in [1.165, 1.54) is 11.0 Å². The molecule has 2 rings (SSSR count). The molecule has 142 valence electrons. The maximum atomic E-state index is 13.0. The van der Waals surface area contributed by atoms with Crippen molar-refractivity contribution in [2.75, 3.05) is 6.54 Å². The minimum absolute atomic E-state index is 0.145. The van der Waals surface area contributed by atoms with Gasteiger partial charge in [-0.2, -0.15) is 0 Å². The molecule has 1 amide bonds. The minimum Gasteiger partial charge on any atom is -0.461 e. The lowest BCUT2D eigenvalue weighted by molar-refractivity contribution is -0.164. The normalized spacial score (nSPS) is 21.0. The predicted molar refractivity (Wildman–Crippen MR) is 97.4 cm³/mol. The zero-order chi connectivity index (χ0) is 19.5. The quantitative estimate of drug-likeness (QED) is 0.658. The van der Waals surface area contributed by atoms with Crippen LogP contribution in [-0.4, -0.2) is 45.9 Å². The summed E-state index contributed by atoms with van der Waals surface area (Å²) in [4.78, 5) is 27.0. The standard InChI is InChI=1S/C20H27NO5/c1-14(2)25-17(23)20(16(22)15-10-7-6-8-11-15)12-9-13-21(20)18(24)26-19(3,4)5/h6-12,14,16,22H,13H2,1-5H3/t16-,20?/m1/s1. The summed E-state index contributed by atoms with van der Waals surface area (Å²) >= 11 is 0. The summed E-state index contributed by atoms with van der Waals surface area (Å²) in [7, 11) is 0. The van der Waals surface area contributed by atoms with Crippen molar-refractivity contribution in [2.45, 2.75) is 58.0 Å². The van der Waals surface area contributed by atoms with E-state index in [2.05, 4.69) is 0 Å². The van der Waals surface area contributed by atoms with Crippen LogP contribution in [0.15, 0.2) is 42.5 Å². The number of aliphatic hydroxyl groups is 1. The first-order valence-electron chi connectivity index (χ1n) is 8.70. The van der Waals surface area contributed by atoms with Crippen LogP contribution in [0, 0.1) is 0 Å². The van der Waals surface area contributed by atoms with Crippen molar-refractivity contribution in [3.63, 3.8) is 0 Å². The Hall–Kier alpha value is -2.34. The van der Waals surface area contributed by atoms with Crippen LogP contribution in [0.25, 0.3) is 0 Å². The lowest BCUT2D eigenvalue weighted by atomic mass is 9.87. The molecule has 0 fully saturated rings. The molecule has 1 unspecified atom stereocenters. The van der Waals surface area contributed by atoms with E-state index in [0.717, 1.165) is 0 Å². The van der Waals surface area contributed by atoms with Gasteiger partial charge in [-0.05, 0) is 46.3 Å². The maximum Gasteiger partial charge on any atom is 0.411 e. The van der Waals surface area contributed by atoms with Crippen LogP contribution in [0.1, 0.15) is 46.3 Å². The fourth-order valence-electron chi connectivity index (χ4n) is 2.85. The van der Waals surface area contributed by atoms with Crippen molar-refractivity contribution in [3.05, 3.63) is 48.0 Å². The Morgan fingerprint density at radius 3 is 2.35 bits per heavy atom. The second-order valence-corrected chi connectivity index (χ2v) is 7.59. The van der Waals surface area contributed by atoms with E-state index in [-0.39, 0.29) is 6.54 Å². The molecule has 0 aliphatic carbocycles. The second kappa shape index (κ2) is 7.50. The molecule has 0 saturated heterocycles. The summed E-state index contributed by atoms with van der Waals surface area (Å²) in [5.74, 6) is -0.691. The lowest BCUT2D eigenvalue weighted by Crippen LogP contribution is -2.58. The van der Waals surface area contributed by atoms with Gasteiger partial charge >= 0.3 is 12.1 Å². The van der Waals surface area contributed by atoms with E-state index < -0.39 is 35.4 Å². The Bertz CT molecular complexity index is 677. The van der Waals surface area contributed by atoms with Gasteiger partial charge in [0.1, 0.15) is 11.7 Å². The predicted octanol–water partition coefficient (Wildman–Crippen LogP) is 3.22. The third kappa shape index (κ3) is 4.07. The number of hydrogen-bond donors (Lipinski definition) is 1. The first-order chi connectivity index (χ1) is 12.1. The number of nitrogens with zero attached hydrogens (tertiary/aromatic N) is 1. The molecular formula is C20H27NO5. The van der Waals surface area contributed by atoms with Gasteiger partial charge < -0.3 is 14.6 Å². The topological polar surface area (TPSA) is 76.1 Å². The Morgan fingerprint density at radius 2 is 1.81 bits per heavy atom. The molecule has 6 heteroatoms.